The number of rotatable bonds is 5. The molecule has 9 heteroatoms. The molecule has 0 amide bonds. The molecule has 0 saturated carbocycles. The predicted molar refractivity (Wildman–Crippen MR) is 78.2 cm³/mol. The largest absolute Gasteiger partial charge is 0.394 e. The van der Waals surface area contributed by atoms with Gasteiger partial charge in [-0.2, -0.15) is 0 Å². The topological polar surface area (TPSA) is 133 Å². The molecule has 8 nitrogen and oxygen atoms in total. The molecule has 1 aromatic rings. The summed E-state index contributed by atoms with van der Waals surface area (Å²) >= 11 is 1.17. The van der Waals surface area contributed by atoms with E-state index in [1.54, 1.807) is 12.1 Å². The van der Waals surface area contributed by atoms with Crippen molar-refractivity contribution in [3.8, 4) is 0 Å². The van der Waals surface area contributed by atoms with Gasteiger partial charge in [0.1, 0.15) is 29.9 Å². The molecule has 1 heterocycles. The van der Waals surface area contributed by atoms with Crippen molar-refractivity contribution >= 4 is 17.4 Å². The molecule has 1 aliphatic rings. The SMILES string of the molecule is O=[N+]([O-])c1ccc(CS[C@@H]2OC(CO)[C@@H](O)C(O)C2O)cc1. The van der Waals surface area contributed by atoms with Crippen LogP contribution in [0.1, 0.15) is 5.56 Å². The van der Waals surface area contributed by atoms with E-state index in [1.165, 1.54) is 23.9 Å². The fourth-order valence-electron chi connectivity index (χ4n) is 2.10. The maximum Gasteiger partial charge on any atom is 0.269 e. The quantitative estimate of drug-likeness (QED) is 0.424. The van der Waals surface area contributed by atoms with Gasteiger partial charge in [0.25, 0.3) is 5.69 Å². The number of aliphatic hydroxyl groups is 4. The van der Waals surface area contributed by atoms with Crippen LogP contribution in [0.5, 0.6) is 0 Å². The smallest absolute Gasteiger partial charge is 0.269 e. The minimum Gasteiger partial charge on any atom is -0.394 e. The Kier molecular flexibility index (Phi) is 5.73. The van der Waals surface area contributed by atoms with Gasteiger partial charge in [-0.25, -0.2) is 0 Å². The van der Waals surface area contributed by atoms with Gasteiger partial charge in [0.15, 0.2) is 0 Å². The van der Waals surface area contributed by atoms with Crippen LogP contribution in [0.2, 0.25) is 0 Å². The van der Waals surface area contributed by atoms with E-state index < -0.39 is 41.4 Å². The molecule has 0 aromatic heterocycles. The van der Waals surface area contributed by atoms with Crippen LogP contribution in [-0.2, 0) is 10.5 Å². The van der Waals surface area contributed by atoms with Gasteiger partial charge in [-0.05, 0) is 5.56 Å². The first-order valence-electron chi connectivity index (χ1n) is 6.59. The third-order valence-electron chi connectivity index (χ3n) is 3.41. The molecular weight excluding hydrogens is 314 g/mol. The van der Waals surface area contributed by atoms with Crippen LogP contribution in [0.4, 0.5) is 5.69 Å². The minimum absolute atomic E-state index is 0.0124. The number of nitro groups is 1. The van der Waals surface area contributed by atoms with Crippen LogP contribution in [0.3, 0.4) is 0 Å². The molecular formula is C13H17NO7S. The van der Waals surface area contributed by atoms with Gasteiger partial charge in [-0.1, -0.05) is 12.1 Å². The number of hydrogen-bond acceptors (Lipinski definition) is 8. The van der Waals surface area contributed by atoms with Crippen LogP contribution < -0.4 is 0 Å². The summed E-state index contributed by atoms with van der Waals surface area (Å²) in [5.41, 5.74) is -0.0418. The zero-order chi connectivity index (χ0) is 16.3. The van der Waals surface area contributed by atoms with Gasteiger partial charge in [-0.3, -0.25) is 10.1 Å². The molecule has 0 spiro atoms. The Hall–Kier alpha value is -1.23. The van der Waals surface area contributed by atoms with E-state index in [9.17, 15) is 25.4 Å². The summed E-state index contributed by atoms with van der Waals surface area (Å²) in [6.07, 6.45) is -5.01. The summed E-state index contributed by atoms with van der Waals surface area (Å²) < 4.78 is 5.36. The molecule has 1 aliphatic heterocycles. The highest BCUT2D eigenvalue weighted by Gasteiger charge is 2.43. The number of nitrogens with zero attached hydrogens (tertiary/aromatic N) is 1. The first-order chi connectivity index (χ1) is 10.4. The van der Waals surface area contributed by atoms with Crippen molar-refractivity contribution in [1.29, 1.82) is 0 Å². The average molecular weight is 331 g/mol. The summed E-state index contributed by atoms with van der Waals surface area (Å²) in [5.74, 6) is 0.390. The highest BCUT2D eigenvalue weighted by Crippen LogP contribution is 2.30. The zero-order valence-corrected chi connectivity index (χ0v) is 12.3. The van der Waals surface area contributed by atoms with Crippen molar-refractivity contribution in [3.05, 3.63) is 39.9 Å². The number of non-ortho nitro benzene ring substituents is 1. The fourth-order valence-corrected chi connectivity index (χ4v) is 3.23. The maximum absolute atomic E-state index is 10.6. The van der Waals surface area contributed by atoms with E-state index in [0.717, 1.165) is 5.56 Å². The molecule has 0 bridgehead atoms. The van der Waals surface area contributed by atoms with Crippen LogP contribution >= 0.6 is 11.8 Å². The van der Waals surface area contributed by atoms with E-state index in [2.05, 4.69) is 0 Å². The van der Waals surface area contributed by atoms with Crippen LogP contribution in [0.15, 0.2) is 24.3 Å². The molecule has 4 N–H and O–H groups in total. The zero-order valence-electron chi connectivity index (χ0n) is 11.5. The van der Waals surface area contributed by atoms with Gasteiger partial charge in [0, 0.05) is 17.9 Å². The normalized spacial score (nSPS) is 31.9. The second-order valence-corrected chi connectivity index (χ2v) is 6.02. The second-order valence-electron chi connectivity index (χ2n) is 4.93. The number of hydrogen-bond donors (Lipinski definition) is 4. The Labute approximate surface area is 130 Å². The lowest BCUT2D eigenvalue weighted by molar-refractivity contribution is -0.384. The highest BCUT2D eigenvalue weighted by atomic mass is 32.2. The van der Waals surface area contributed by atoms with Gasteiger partial charge in [0.05, 0.1) is 11.5 Å². The Morgan fingerprint density at radius 2 is 1.77 bits per heavy atom. The lowest BCUT2D eigenvalue weighted by Gasteiger charge is -2.39. The molecule has 3 unspecified atom stereocenters. The molecule has 1 saturated heterocycles. The highest BCUT2D eigenvalue weighted by molar-refractivity contribution is 7.99. The van der Waals surface area contributed by atoms with E-state index in [1.807, 2.05) is 0 Å². The molecule has 1 aromatic carbocycles. The van der Waals surface area contributed by atoms with Crippen LogP contribution in [0, 0.1) is 10.1 Å². The van der Waals surface area contributed by atoms with E-state index >= 15 is 0 Å². The Morgan fingerprint density at radius 1 is 1.14 bits per heavy atom. The van der Waals surface area contributed by atoms with Crippen molar-refractivity contribution < 1.29 is 30.1 Å². The maximum atomic E-state index is 10.6. The number of nitro benzene ring substituents is 1. The number of thioether (sulfide) groups is 1. The summed E-state index contributed by atoms with van der Waals surface area (Å²) in [6.45, 7) is -0.473. The first-order valence-corrected chi connectivity index (χ1v) is 7.64. The molecule has 122 valence electrons. The van der Waals surface area contributed by atoms with Crippen molar-refractivity contribution in [2.45, 2.75) is 35.6 Å². The van der Waals surface area contributed by atoms with Crippen molar-refractivity contribution in [2.75, 3.05) is 6.61 Å². The summed E-state index contributed by atoms with van der Waals surface area (Å²) in [7, 11) is 0. The third kappa shape index (κ3) is 3.75. The minimum atomic E-state index is -1.40. The summed E-state index contributed by atoms with van der Waals surface area (Å²) in [5, 5.41) is 48.9. The van der Waals surface area contributed by atoms with Gasteiger partial charge >= 0.3 is 0 Å². The van der Waals surface area contributed by atoms with Gasteiger partial charge in [-0.15, -0.1) is 11.8 Å². The van der Waals surface area contributed by atoms with Gasteiger partial charge in [0.2, 0.25) is 0 Å². The first kappa shape index (κ1) is 17.1. The van der Waals surface area contributed by atoms with E-state index in [0.29, 0.717) is 5.75 Å². The predicted octanol–water partition coefficient (Wildman–Crippen LogP) is -0.372. The molecule has 1 fully saturated rings. The lowest BCUT2D eigenvalue weighted by Crippen LogP contribution is -2.57. The van der Waals surface area contributed by atoms with Crippen molar-refractivity contribution in [1.82, 2.24) is 0 Å². The molecule has 0 aliphatic carbocycles. The Balaban J connectivity index is 1.96. The average Bonchev–Trinajstić information content (AvgIpc) is 2.52. The molecule has 0 radical (unpaired) electrons. The monoisotopic (exact) mass is 331 g/mol. The molecule has 5 atom stereocenters. The Morgan fingerprint density at radius 3 is 2.32 bits per heavy atom. The lowest BCUT2D eigenvalue weighted by atomic mass is 10.0. The molecule has 22 heavy (non-hydrogen) atoms. The second kappa shape index (κ2) is 7.36. The fraction of sp³-hybridized carbons (Fsp3) is 0.538. The summed E-state index contributed by atoms with van der Waals surface area (Å²) in [4.78, 5) is 10.1. The standard InChI is InChI=1S/C13H17NO7S/c15-5-9-10(16)11(17)12(18)13(21-9)22-6-7-1-3-8(4-2-7)14(19)20/h1-4,9-13,15-18H,5-6H2/t9?,10-,11?,12?,13+/m1/s1. The van der Waals surface area contributed by atoms with Crippen LogP contribution in [-0.4, -0.2) is 61.8 Å². The third-order valence-corrected chi connectivity index (χ3v) is 4.63. The molecule has 2 rings (SSSR count). The van der Waals surface area contributed by atoms with Crippen molar-refractivity contribution in [2.24, 2.45) is 0 Å². The van der Waals surface area contributed by atoms with E-state index in [4.69, 9.17) is 9.84 Å². The number of aliphatic hydroxyl groups excluding tert-OH is 4. The Bertz CT molecular complexity index is 510. The number of benzene rings is 1. The van der Waals surface area contributed by atoms with E-state index in [-0.39, 0.29) is 5.69 Å². The van der Waals surface area contributed by atoms with Crippen molar-refractivity contribution in [3.63, 3.8) is 0 Å². The van der Waals surface area contributed by atoms with Gasteiger partial charge < -0.3 is 25.2 Å². The summed E-state index contributed by atoms with van der Waals surface area (Å²) in [6, 6.07) is 5.94. The van der Waals surface area contributed by atoms with Crippen LogP contribution in [0.25, 0.3) is 0 Å². The number of ether oxygens (including phenoxy) is 1.